The number of hydrogen-bond acceptors (Lipinski definition) is 3. The lowest BCUT2D eigenvalue weighted by atomic mass is 10.2. The fourth-order valence-electron chi connectivity index (χ4n) is 1.44. The summed E-state index contributed by atoms with van der Waals surface area (Å²) in [5.41, 5.74) is 1.23. The molecule has 0 spiro atoms. The minimum absolute atomic E-state index is 0.139. The van der Waals surface area contributed by atoms with Crippen LogP contribution in [-0.2, 0) is 6.61 Å². The van der Waals surface area contributed by atoms with E-state index in [1.54, 1.807) is 31.2 Å². The van der Waals surface area contributed by atoms with E-state index in [1.165, 1.54) is 12.1 Å². The molecule has 2 aromatic rings. The average molecular weight is 233 g/mol. The molecule has 0 saturated carbocycles. The van der Waals surface area contributed by atoms with E-state index in [0.717, 1.165) is 0 Å². The maximum absolute atomic E-state index is 12.9. The maximum atomic E-state index is 12.9. The highest BCUT2D eigenvalue weighted by atomic mass is 19.1. The van der Waals surface area contributed by atoms with Gasteiger partial charge in [0.05, 0.1) is 12.3 Å². The molecule has 2 rings (SSSR count). The Morgan fingerprint density at radius 1 is 1.29 bits per heavy atom. The summed E-state index contributed by atoms with van der Waals surface area (Å²) in [7, 11) is 0. The molecule has 1 heterocycles. The molecule has 0 aliphatic heterocycles. The van der Waals surface area contributed by atoms with Gasteiger partial charge in [-0.25, -0.2) is 9.37 Å². The molecule has 0 radical (unpaired) electrons. The molecule has 0 bridgehead atoms. The Kier molecular flexibility index (Phi) is 3.35. The number of hydrogen-bond donors (Lipinski definition) is 1. The summed E-state index contributed by atoms with van der Waals surface area (Å²) in [5, 5.41) is 8.95. The first-order valence-corrected chi connectivity index (χ1v) is 5.20. The molecule has 0 unspecified atom stereocenters. The highest BCUT2D eigenvalue weighted by Crippen LogP contribution is 2.24. The van der Waals surface area contributed by atoms with Gasteiger partial charge in [0.2, 0.25) is 5.88 Å². The molecular formula is C13H12FNO2. The molecule has 0 aliphatic carbocycles. The molecule has 0 fully saturated rings. The second-order valence-electron chi connectivity index (χ2n) is 3.64. The Morgan fingerprint density at radius 2 is 2.12 bits per heavy atom. The van der Waals surface area contributed by atoms with Crippen LogP contribution in [0.15, 0.2) is 36.4 Å². The van der Waals surface area contributed by atoms with Gasteiger partial charge in [0.25, 0.3) is 0 Å². The quantitative estimate of drug-likeness (QED) is 0.886. The van der Waals surface area contributed by atoms with E-state index in [0.29, 0.717) is 22.9 Å². The van der Waals surface area contributed by atoms with Crippen LogP contribution in [0.5, 0.6) is 11.6 Å². The third-order valence-electron chi connectivity index (χ3n) is 2.29. The van der Waals surface area contributed by atoms with E-state index in [-0.39, 0.29) is 12.4 Å². The van der Waals surface area contributed by atoms with E-state index in [2.05, 4.69) is 4.98 Å². The van der Waals surface area contributed by atoms with Crippen LogP contribution in [-0.4, -0.2) is 10.1 Å². The first kappa shape index (κ1) is 11.5. The summed E-state index contributed by atoms with van der Waals surface area (Å²) in [5.74, 6) is 0.632. The Bertz CT molecular complexity index is 529. The van der Waals surface area contributed by atoms with Crippen LogP contribution < -0.4 is 4.74 Å². The second-order valence-corrected chi connectivity index (χ2v) is 3.64. The van der Waals surface area contributed by atoms with Crippen molar-refractivity contribution in [3.63, 3.8) is 0 Å². The molecule has 17 heavy (non-hydrogen) atoms. The lowest BCUT2D eigenvalue weighted by Crippen LogP contribution is -1.94. The SMILES string of the molecule is Cc1cc(F)ccc1Oc1cccc(CO)n1. The van der Waals surface area contributed by atoms with Crippen LogP contribution in [0.1, 0.15) is 11.3 Å². The second kappa shape index (κ2) is 4.93. The smallest absolute Gasteiger partial charge is 0.219 e. The predicted molar refractivity (Wildman–Crippen MR) is 61.4 cm³/mol. The number of aromatic nitrogens is 1. The molecular weight excluding hydrogens is 221 g/mol. The molecule has 1 aromatic heterocycles. The number of halogens is 1. The first-order chi connectivity index (χ1) is 8.19. The summed E-state index contributed by atoms with van der Waals surface area (Å²) in [6.07, 6.45) is 0. The highest BCUT2D eigenvalue weighted by Gasteiger charge is 2.04. The number of aliphatic hydroxyl groups excluding tert-OH is 1. The van der Waals surface area contributed by atoms with Crippen LogP contribution in [0.3, 0.4) is 0 Å². The van der Waals surface area contributed by atoms with Crippen LogP contribution >= 0.6 is 0 Å². The maximum Gasteiger partial charge on any atom is 0.219 e. The zero-order valence-electron chi connectivity index (χ0n) is 9.35. The van der Waals surface area contributed by atoms with E-state index >= 15 is 0 Å². The van der Waals surface area contributed by atoms with Gasteiger partial charge in [-0.2, -0.15) is 0 Å². The van der Waals surface area contributed by atoms with Crippen molar-refractivity contribution in [3.05, 3.63) is 53.5 Å². The zero-order valence-corrected chi connectivity index (χ0v) is 9.35. The summed E-state index contributed by atoms with van der Waals surface area (Å²) < 4.78 is 18.4. The molecule has 1 aromatic carbocycles. The minimum Gasteiger partial charge on any atom is -0.439 e. The minimum atomic E-state index is -0.299. The summed E-state index contributed by atoms with van der Waals surface area (Å²) in [6, 6.07) is 9.40. The fraction of sp³-hybridized carbons (Fsp3) is 0.154. The van der Waals surface area contributed by atoms with Crippen molar-refractivity contribution in [2.45, 2.75) is 13.5 Å². The van der Waals surface area contributed by atoms with Crippen molar-refractivity contribution in [2.24, 2.45) is 0 Å². The van der Waals surface area contributed by atoms with Crippen molar-refractivity contribution in [1.29, 1.82) is 0 Å². The largest absolute Gasteiger partial charge is 0.439 e. The summed E-state index contributed by atoms with van der Waals surface area (Å²) >= 11 is 0. The van der Waals surface area contributed by atoms with Crippen molar-refractivity contribution in [2.75, 3.05) is 0 Å². The van der Waals surface area contributed by atoms with Gasteiger partial charge in [0, 0.05) is 6.07 Å². The summed E-state index contributed by atoms with van der Waals surface area (Å²) in [6.45, 7) is 1.62. The molecule has 1 N–H and O–H groups in total. The Balaban J connectivity index is 2.25. The molecule has 0 amide bonds. The zero-order chi connectivity index (χ0) is 12.3. The molecule has 4 heteroatoms. The number of pyridine rings is 1. The van der Waals surface area contributed by atoms with Crippen molar-refractivity contribution >= 4 is 0 Å². The normalized spacial score (nSPS) is 10.3. The Morgan fingerprint density at radius 3 is 2.82 bits per heavy atom. The molecule has 3 nitrogen and oxygen atoms in total. The van der Waals surface area contributed by atoms with Crippen LogP contribution in [0, 0.1) is 12.7 Å². The van der Waals surface area contributed by atoms with Gasteiger partial charge >= 0.3 is 0 Å². The molecule has 0 aliphatic rings. The third-order valence-corrected chi connectivity index (χ3v) is 2.29. The van der Waals surface area contributed by atoms with Gasteiger partial charge in [-0.15, -0.1) is 0 Å². The van der Waals surface area contributed by atoms with Crippen molar-refractivity contribution in [1.82, 2.24) is 4.98 Å². The lowest BCUT2D eigenvalue weighted by Gasteiger charge is -2.08. The number of aliphatic hydroxyl groups is 1. The standard InChI is InChI=1S/C13H12FNO2/c1-9-7-10(14)5-6-12(9)17-13-4-2-3-11(8-16)15-13/h2-7,16H,8H2,1H3. The monoisotopic (exact) mass is 233 g/mol. The van der Waals surface area contributed by atoms with Crippen molar-refractivity contribution < 1.29 is 14.2 Å². The third kappa shape index (κ3) is 2.79. The fourth-order valence-corrected chi connectivity index (χ4v) is 1.44. The van der Waals surface area contributed by atoms with Crippen LogP contribution in [0.4, 0.5) is 4.39 Å². The summed E-state index contributed by atoms with van der Waals surface area (Å²) in [4.78, 5) is 4.08. The number of rotatable bonds is 3. The highest BCUT2D eigenvalue weighted by molar-refractivity contribution is 5.35. The van der Waals surface area contributed by atoms with Gasteiger partial charge in [0.15, 0.2) is 0 Å². The Hall–Kier alpha value is -1.94. The first-order valence-electron chi connectivity index (χ1n) is 5.20. The van der Waals surface area contributed by atoms with E-state index < -0.39 is 0 Å². The lowest BCUT2D eigenvalue weighted by molar-refractivity contribution is 0.275. The topological polar surface area (TPSA) is 42.4 Å². The van der Waals surface area contributed by atoms with Crippen LogP contribution in [0.25, 0.3) is 0 Å². The van der Waals surface area contributed by atoms with E-state index in [1.807, 2.05) is 0 Å². The molecule has 0 atom stereocenters. The predicted octanol–water partition coefficient (Wildman–Crippen LogP) is 2.81. The van der Waals surface area contributed by atoms with Crippen molar-refractivity contribution in [3.8, 4) is 11.6 Å². The van der Waals surface area contributed by atoms with E-state index in [4.69, 9.17) is 9.84 Å². The number of aryl methyl sites for hydroxylation is 1. The Labute approximate surface area is 98.5 Å². The number of nitrogens with zero attached hydrogens (tertiary/aromatic N) is 1. The molecule has 0 saturated heterocycles. The van der Waals surface area contributed by atoms with Gasteiger partial charge in [-0.3, -0.25) is 0 Å². The van der Waals surface area contributed by atoms with Crippen LogP contribution in [0.2, 0.25) is 0 Å². The number of benzene rings is 1. The number of ether oxygens (including phenoxy) is 1. The molecule has 88 valence electrons. The van der Waals surface area contributed by atoms with E-state index in [9.17, 15) is 4.39 Å². The average Bonchev–Trinajstić information content (AvgIpc) is 2.33. The van der Waals surface area contributed by atoms with Gasteiger partial charge in [-0.05, 0) is 36.8 Å². The van der Waals surface area contributed by atoms with Gasteiger partial charge < -0.3 is 9.84 Å². The van der Waals surface area contributed by atoms with Gasteiger partial charge in [0.1, 0.15) is 11.6 Å². The van der Waals surface area contributed by atoms with Gasteiger partial charge in [-0.1, -0.05) is 6.07 Å².